The van der Waals surface area contributed by atoms with E-state index in [0.29, 0.717) is 12.6 Å². The fourth-order valence-corrected chi connectivity index (χ4v) is 3.62. The number of quaternary nitrogens is 1. The molecule has 2 nitrogen and oxygen atoms in total. The molecule has 2 aromatic rings. The van der Waals surface area contributed by atoms with Crippen molar-refractivity contribution in [3.05, 3.63) is 68.8 Å². The molecule has 0 N–H and O–H groups in total. The molecule has 0 saturated heterocycles. The molecule has 1 aliphatic heterocycles. The molecule has 2 aromatic carbocycles. The molecule has 0 bridgehead atoms. The Hall–Kier alpha value is -1.20. The zero-order valence-electron chi connectivity index (χ0n) is 13.1. The molecule has 1 heterocycles. The Bertz CT molecular complexity index is 695. The predicted molar refractivity (Wildman–Crippen MR) is 97.9 cm³/mol. The highest BCUT2D eigenvalue weighted by atomic mass is 127. The Morgan fingerprint density at radius 1 is 1.14 bits per heavy atom. The molecule has 22 heavy (non-hydrogen) atoms. The van der Waals surface area contributed by atoms with E-state index in [1.165, 1.54) is 11.1 Å². The molecular weight excluding hydrogens is 385 g/mol. The molecule has 0 unspecified atom stereocenters. The molecule has 0 amide bonds. The highest BCUT2D eigenvalue weighted by Gasteiger charge is 2.36. The van der Waals surface area contributed by atoms with Crippen LogP contribution in [-0.4, -0.2) is 29.9 Å². The van der Waals surface area contributed by atoms with Crippen molar-refractivity contribution in [2.24, 2.45) is 0 Å². The lowest BCUT2D eigenvalue weighted by molar-refractivity contribution is -0.938. The highest BCUT2D eigenvalue weighted by Crippen LogP contribution is 2.28. The number of likely N-dealkylation sites (N-methyl/N-ethyl adjacent to an activating group) is 1. The molecule has 0 spiro atoms. The van der Waals surface area contributed by atoms with Crippen molar-refractivity contribution >= 4 is 28.4 Å². The average molecular weight is 406 g/mol. The summed E-state index contributed by atoms with van der Waals surface area (Å²) in [6.07, 6.45) is 1.05. The summed E-state index contributed by atoms with van der Waals surface area (Å²) < 4.78 is 1.96. The van der Waals surface area contributed by atoms with Gasteiger partial charge in [-0.3, -0.25) is 4.79 Å². The zero-order valence-corrected chi connectivity index (χ0v) is 15.2. The smallest absolute Gasteiger partial charge is 0.216 e. The van der Waals surface area contributed by atoms with Gasteiger partial charge in [0.2, 0.25) is 5.78 Å². The van der Waals surface area contributed by atoms with Gasteiger partial charge in [0.1, 0.15) is 13.1 Å². The minimum atomic E-state index is 0.241. The first-order valence-electron chi connectivity index (χ1n) is 7.68. The van der Waals surface area contributed by atoms with Gasteiger partial charge in [-0.15, -0.1) is 0 Å². The van der Waals surface area contributed by atoms with Crippen LogP contribution in [0, 0.1) is 3.57 Å². The molecule has 1 aliphatic rings. The topological polar surface area (TPSA) is 17.1 Å². The van der Waals surface area contributed by atoms with E-state index < -0.39 is 0 Å². The number of rotatable bonds is 3. The Morgan fingerprint density at radius 2 is 1.77 bits per heavy atom. The fraction of sp³-hybridized carbons (Fsp3) is 0.316. The summed E-state index contributed by atoms with van der Waals surface area (Å²) in [4.78, 5) is 12.7. The molecule has 0 saturated carbocycles. The maximum Gasteiger partial charge on any atom is 0.216 e. The second-order valence-electron chi connectivity index (χ2n) is 6.55. The van der Waals surface area contributed by atoms with Crippen LogP contribution in [0.5, 0.6) is 0 Å². The van der Waals surface area contributed by atoms with Crippen molar-refractivity contribution < 1.29 is 9.28 Å². The third-order valence-electron chi connectivity index (χ3n) is 4.90. The van der Waals surface area contributed by atoms with Gasteiger partial charge in [-0.1, -0.05) is 36.4 Å². The van der Waals surface area contributed by atoms with Crippen molar-refractivity contribution in [2.45, 2.75) is 25.9 Å². The van der Waals surface area contributed by atoms with Gasteiger partial charge in [-0.25, -0.2) is 0 Å². The molecule has 0 aromatic heterocycles. The highest BCUT2D eigenvalue weighted by molar-refractivity contribution is 14.1. The zero-order chi connectivity index (χ0) is 15.7. The van der Waals surface area contributed by atoms with Gasteiger partial charge in [0.25, 0.3) is 0 Å². The van der Waals surface area contributed by atoms with Crippen LogP contribution in [0.25, 0.3) is 0 Å². The first-order chi connectivity index (χ1) is 10.5. The van der Waals surface area contributed by atoms with Gasteiger partial charge >= 0.3 is 0 Å². The summed E-state index contributed by atoms with van der Waals surface area (Å²) >= 11 is 2.27. The predicted octanol–water partition coefficient (Wildman–Crippen LogP) is 4.07. The number of ketones is 1. The van der Waals surface area contributed by atoms with Crippen LogP contribution in [0.4, 0.5) is 0 Å². The first kappa shape index (κ1) is 15.7. The van der Waals surface area contributed by atoms with Gasteiger partial charge in [0, 0.05) is 21.1 Å². The van der Waals surface area contributed by atoms with Crippen molar-refractivity contribution in [3.8, 4) is 0 Å². The van der Waals surface area contributed by atoms with Crippen molar-refractivity contribution in [2.75, 3.05) is 13.6 Å². The van der Waals surface area contributed by atoms with Crippen LogP contribution in [0.15, 0.2) is 48.5 Å². The Balaban J connectivity index is 1.82. The summed E-state index contributed by atoms with van der Waals surface area (Å²) in [5.41, 5.74) is 3.65. The maximum absolute atomic E-state index is 12.7. The third kappa shape index (κ3) is 3.10. The van der Waals surface area contributed by atoms with Crippen molar-refractivity contribution in [1.82, 2.24) is 0 Å². The summed E-state index contributed by atoms with van der Waals surface area (Å²) in [5.74, 6) is 0.241. The Labute approximate surface area is 145 Å². The molecule has 2 atom stereocenters. The molecule has 3 rings (SSSR count). The van der Waals surface area contributed by atoms with E-state index in [-0.39, 0.29) is 5.78 Å². The SMILES string of the molecule is C[C@@H]1Cc2ccccc2C[N@+]1(C)CC(=O)c1ccc(I)cc1. The van der Waals surface area contributed by atoms with Crippen LogP contribution in [-0.2, 0) is 13.0 Å². The summed E-state index contributed by atoms with van der Waals surface area (Å²) in [7, 11) is 2.21. The van der Waals surface area contributed by atoms with Gasteiger partial charge in [0.05, 0.1) is 13.1 Å². The summed E-state index contributed by atoms with van der Waals surface area (Å²) in [6, 6.07) is 17.0. The van der Waals surface area contributed by atoms with E-state index in [2.05, 4.69) is 60.8 Å². The number of carbonyl (C=O) groups is 1. The number of benzene rings is 2. The van der Waals surface area contributed by atoms with E-state index in [0.717, 1.165) is 26.6 Å². The third-order valence-corrected chi connectivity index (χ3v) is 5.62. The Morgan fingerprint density at radius 3 is 2.45 bits per heavy atom. The van der Waals surface area contributed by atoms with Crippen LogP contribution < -0.4 is 0 Å². The summed E-state index contributed by atoms with van der Waals surface area (Å²) in [6.45, 7) is 3.76. The van der Waals surface area contributed by atoms with E-state index in [1.807, 2.05) is 24.3 Å². The largest absolute Gasteiger partial charge is 0.313 e. The fourth-order valence-electron chi connectivity index (χ4n) is 3.26. The van der Waals surface area contributed by atoms with Gasteiger partial charge in [-0.2, -0.15) is 0 Å². The quantitative estimate of drug-likeness (QED) is 0.427. The van der Waals surface area contributed by atoms with Gasteiger partial charge in [-0.05, 0) is 47.2 Å². The molecule has 3 heteroatoms. The second-order valence-corrected chi connectivity index (χ2v) is 7.79. The van der Waals surface area contributed by atoms with E-state index in [9.17, 15) is 4.79 Å². The number of fused-ring (bicyclic) bond motifs is 1. The van der Waals surface area contributed by atoms with Crippen molar-refractivity contribution in [3.63, 3.8) is 0 Å². The average Bonchev–Trinajstić information content (AvgIpc) is 2.49. The lowest BCUT2D eigenvalue weighted by atomic mass is 9.92. The minimum absolute atomic E-state index is 0.241. The number of hydrogen-bond donors (Lipinski definition) is 0. The second kappa shape index (κ2) is 6.13. The lowest BCUT2D eigenvalue weighted by Crippen LogP contribution is -2.56. The van der Waals surface area contributed by atoms with Gasteiger partial charge in [0.15, 0.2) is 0 Å². The van der Waals surface area contributed by atoms with Crippen LogP contribution >= 0.6 is 22.6 Å². The van der Waals surface area contributed by atoms with Crippen LogP contribution in [0.2, 0.25) is 0 Å². The molecule has 0 radical (unpaired) electrons. The number of Topliss-reactive ketones (excluding diaryl/α,β-unsaturated/α-hetero) is 1. The van der Waals surface area contributed by atoms with E-state index in [1.54, 1.807) is 0 Å². The molecule has 0 fully saturated rings. The van der Waals surface area contributed by atoms with Crippen LogP contribution in [0.3, 0.4) is 0 Å². The summed E-state index contributed by atoms with van der Waals surface area (Å²) in [5, 5.41) is 0. The maximum atomic E-state index is 12.7. The lowest BCUT2D eigenvalue weighted by Gasteiger charge is -2.43. The molecule has 0 aliphatic carbocycles. The van der Waals surface area contributed by atoms with Gasteiger partial charge < -0.3 is 4.48 Å². The molecular formula is C19H21INO+. The number of halogens is 1. The van der Waals surface area contributed by atoms with E-state index >= 15 is 0 Å². The molecule has 114 valence electrons. The monoisotopic (exact) mass is 406 g/mol. The minimum Gasteiger partial charge on any atom is -0.313 e. The number of nitrogens with zero attached hydrogens (tertiary/aromatic N) is 1. The van der Waals surface area contributed by atoms with Crippen LogP contribution in [0.1, 0.15) is 28.4 Å². The Kier molecular flexibility index (Phi) is 4.37. The normalized spacial score (nSPS) is 23.9. The standard InChI is InChI=1S/C19H21INO/c1-14-11-16-5-3-4-6-17(16)12-21(14,2)13-19(22)15-7-9-18(20)10-8-15/h3-10,14H,11-13H2,1-2H3/q+1/t14-,21-/m1/s1. The number of hydrogen-bond acceptors (Lipinski definition) is 1. The van der Waals surface area contributed by atoms with E-state index in [4.69, 9.17) is 0 Å². The first-order valence-corrected chi connectivity index (χ1v) is 8.75. The van der Waals surface area contributed by atoms with Crippen molar-refractivity contribution in [1.29, 1.82) is 0 Å². The number of carbonyl (C=O) groups excluding carboxylic acids is 1.